The van der Waals surface area contributed by atoms with Crippen molar-refractivity contribution in [1.29, 1.82) is 0 Å². The first-order valence-electron chi connectivity index (χ1n) is 17.4. The number of phenols is 1. The van der Waals surface area contributed by atoms with Crippen LogP contribution in [0.15, 0.2) is 24.3 Å². The number of aromatic hydroxyl groups is 1. The number of anilines is 1. The highest BCUT2D eigenvalue weighted by atomic mass is 19.4. The van der Waals surface area contributed by atoms with Crippen LogP contribution in [0, 0.1) is 11.6 Å². The Morgan fingerprint density at radius 3 is 2.50 bits per heavy atom. The SMILES string of the molecule is CCc1c(F)ccc2cc(O)cc(-c3nc(OC)c4c(N5CC6CCC(C5)N6C(=O)C(F)(F)F)nc(OC[C@@]56CCCN5C[C@H](F)C6)nc4c3F)c12. The molecule has 0 saturated carbocycles. The van der Waals surface area contributed by atoms with Crippen LogP contribution in [-0.2, 0) is 11.2 Å². The highest BCUT2D eigenvalue weighted by molar-refractivity contribution is 6.03. The number of nitrogens with zero attached hydrogens (tertiary/aromatic N) is 6. The quantitative estimate of drug-likeness (QED) is 0.226. The average Bonchev–Trinajstić information content (AvgIpc) is 3.72. The Kier molecular flexibility index (Phi) is 8.30. The molecule has 16 heteroatoms. The smallest absolute Gasteiger partial charge is 0.471 e. The van der Waals surface area contributed by atoms with Gasteiger partial charge in [-0.2, -0.15) is 23.1 Å². The predicted molar refractivity (Wildman–Crippen MR) is 178 cm³/mol. The van der Waals surface area contributed by atoms with E-state index < -0.39 is 47.5 Å². The summed E-state index contributed by atoms with van der Waals surface area (Å²) >= 11 is 0. The molecule has 4 saturated heterocycles. The molecule has 4 fully saturated rings. The molecule has 8 rings (SSSR count). The number of hydrogen-bond acceptors (Lipinski definition) is 9. The molecule has 276 valence electrons. The maximum Gasteiger partial charge on any atom is 0.471 e. The minimum Gasteiger partial charge on any atom is -0.508 e. The monoisotopic (exact) mass is 730 g/mol. The van der Waals surface area contributed by atoms with E-state index in [2.05, 4.69) is 15.0 Å². The summed E-state index contributed by atoms with van der Waals surface area (Å²) in [5, 5.41) is 11.5. The van der Waals surface area contributed by atoms with Gasteiger partial charge in [-0.05, 0) is 73.2 Å². The van der Waals surface area contributed by atoms with Crippen LogP contribution in [0.25, 0.3) is 32.9 Å². The van der Waals surface area contributed by atoms with Crippen LogP contribution < -0.4 is 14.4 Å². The van der Waals surface area contributed by atoms with E-state index in [1.54, 1.807) is 11.8 Å². The van der Waals surface area contributed by atoms with Gasteiger partial charge in [-0.25, -0.2) is 18.2 Å². The first kappa shape index (κ1) is 34.5. The van der Waals surface area contributed by atoms with E-state index in [-0.39, 0.29) is 90.3 Å². The fraction of sp³-hybridized carbons (Fsp3) is 0.500. The van der Waals surface area contributed by atoms with Gasteiger partial charge in [0.05, 0.1) is 24.7 Å². The first-order valence-corrected chi connectivity index (χ1v) is 17.4. The molecule has 1 amide bonds. The fourth-order valence-corrected chi connectivity index (χ4v) is 8.96. The molecular weight excluding hydrogens is 694 g/mol. The van der Waals surface area contributed by atoms with Crippen molar-refractivity contribution < 1.29 is 45.7 Å². The molecule has 1 N–H and O–H groups in total. The molecule has 0 radical (unpaired) electrons. The van der Waals surface area contributed by atoms with Crippen LogP contribution in [0.3, 0.4) is 0 Å². The molecule has 2 unspecified atom stereocenters. The molecule has 4 aliphatic rings. The number of phenolic OH excluding ortho intramolecular Hbond substituents is 1. The highest BCUT2D eigenvalue weighted by Crippen LogP contribution is 2.45. The highest BCUT2D eigenvalue weighted by Gasteiger charge is 2.53. The van der Waals surface area contributed by atoms with Crippen LogP contribution in [0.4, 0.5) is 32.2 Å². The van der Waals surface area contributed by atoms with E-state index in [4.69, 9.17) is 9.47 Å². The van der Waals surface area contributed by atoms with E-state index in [9.17, 15) is 27.5 Å². The second-order valence-corrected chi connectivity index (χ2v) is 14.2. The van der Waals surface area contributed by atoms with Gasteiger partial charge in [0.15, 0.2) is 5.82 Å². The number of aromatic nitrogens is 3. The van der Waals surface area contributed by atoms with Gasteiger partial charge in [0.1, 0.15) is 46.8 Å². The van der Waals surface area contributed by atoms with Crippen molar-refractivity contribution in [1.82, 2.24) is 24.8 Å². The molecule has 4 aromatic rings. The Morgan fingerprint density at radius 2 is 1.81 bits per heavy atom. The Bertz CT molecular complexity index is 2090. The second-order valence-electron chi connectivity index (χ2n) is 14.2. The van der Waals surface area contributed by atoms with Gasteiger partial charge in [-0.3, -0.25) is 9.69 Å². The number of pyridine rings is 1. The Morgan fingerprint density at radius 1 is 1.06 bits per heavy atom. The third kappa shape index (κ3) is 5.51. The van der Waals surface area contributed by atoms with Crippen molar-refractivity contribution in [3.05, 3.63) is 41.5 Å². The zero-order valence-corrected chi connectivity index (χ0v) is 28.4. The summed E-state index contributed by atoms with van der Waals surface area (Å²) < 4.78 is 99.4. The molecule has 0 aliphatic carbocycles. The lowest BCUT2D eigenvalue weighted by molar-refractivity contribution is -0.188. The Balaban J connectivity index is 1.29. The van der Waals surface area contributed by atoms with Crippen LogP contribution in [0.1, 0.15) is 44.6 Å². The minimum atomic E-state index is -5.04. The number of piperazine rings is 1. The number of hydrogen-bond donors (Lipinski definition) is 1. The normalized spacial score (nSPS) is 24.7. The third-order valence-corrected chi connectivity index (χ3v) is 11.2. The molecular formula is C36H36F6N6O4. The number of fused-ring (bicyclic) bond motifs is 5. The summed E-state index contributed by atoms with van der Waals surface area (Å²) in [7, 11) is 1.31. The molecule has 4 atom stereocenters. The zero-order valence-electron chi connectivity index (χ0n) is 28.4. The van der Waals surface area contributed by atoms with Crippen molar-refractivity contribution in [2.45, 2.75) is 75.4 Å². The second kappa shape index (κ2) is 12.5. The van der Waals surface area contributed by atoms with Crippen molar-refractivity contribution in [2.24, 2.45) is 0 Å². The maximum atomic E-state index is 17.2. The largest absolute Gasteiger partial charge is 0.508 e. The number of benzene rings is 2. The van der Waals surface area contributed by atoms with E-state index in [0.29, 0.717) is 36.6 Å². The molecule has 10 nitrogen and oxygen atoms in total. The number of alkyl halides is 4. The van der Waals surface area contributed by atoms with Crippen LogP contribution in [0.2, 0.25) is 0 Å². The molecule has 2 bridgehead atoms. The first-order chi connectivity index (χ1) is 24.8. The molecule has 2 aromatic carbocycles. The van der Waals surface area contributed by atoms with Crippen molar-refractivity contribution in [2.75, 3.05) is 44.8 Å². The Labute approximate surface area is 294 Å². The van der Waals surface area contributed by atoms with E-state index in [1.807, 2.05) is 4.90 Å². The Hall–Kier alpha value is -4.60. The van der Waals surface area contributed by atoms with Gasteiger partial charge in [0, 0.05) is 31.6 Å². The lowest BCUT2D eigenvalue weighted by atomic mass is 9.94. The summed E-state index contributed by atoms with van der Waals surface area (Å²) in [5.74, 6) is -3.64. The maximum absolute atomic E-state index is 17.2. The molecule has 0 spiro atoms. The number of methoxy groups -OCH3 is 1. The fourth-order valence-electron chi connectivity index (χ4n) is 8.96. The van der Waals surface area contributed by atoms with Crippen molar-refractivity contribution in [3.63, 3.8) is 0 Å². The van der Waals surface area contributed by atoms with Gasteiger partial charge in [0.25, 0.3) is 0 Å². The molecule has 52 heavy (non-hydrogen) atoms. The summed E-state index contributed by atoms with van der Waals surface area (Å²) in [6.45, 7) is 2.65. The number of aryl methyl sites for hydroxylation is 1. The molecule has 2 aromatic heterocycles. The van der Waals surface area contributed by atoms with Crippen LogP contribution >= 0.6 is 0 Å². The van der Waals surface area contributed by atoms with Gasteiger partial charge >= 0.3 is 18.1 Å². The number of rotatable bonds is 7. The third-order valence-electron chi connectivity index (χ3n) is 11.2. The van der Waals surface area contributed by atoms with Gasteiger partial charge in [-0.1, -0.05) is 13.0 Å². The van der Waals surface area contributed by atoms with E-state index in [1.165, 1.54) is 31.4 Å². The van der Waals surface area contributed by atoms with E-state index >= 15 is 8.78 Å². The van der Waals surface area contributed by atoms with Gasteiger partial charge in [0.2, 0.25) is 5.88 Å². The van der Waals surface area contributed by atoms with Gasteiger partial charge in [-0.15, -0.1) is 0 Å². The molecule has 4 aliphatic heterocycles. The van der Waals surface area contributed by atoms with Crippen molar-refractivity contribution in [3.8, 4) is 28.9 Å². The number of amides is 1. The van der Waals surface area contributed by atoms with Crippen LogP contribution in [-0.4, -0.2) is 106 Å². The number of carbonyl (C=O) groups is 1. The summed E-state index contributed by atoms with van der Waals surface area (Å²) in [6.07, 6.45) is -3.38. The van der Waals surface area contributed by atoms with E-state index in [0.717, 1.165) is 11.3 Å². The summed E-state index contributed by atoms with van der Waals surface area (Å²) in [6, 6.07) is 3.64. The van der Waals surface area contributed by atoms with Gasteiger partial charge < -0.3 is 24.4 Å². The average molecular weight is 731 g/mol. The lowest BCUT2D eigenvalue weighted by Gasteiger charge is -2.42. The zero-order chi connectivity index (χ0) is 36.7. The number of carbonyl (C=O) groups excluding carboxylic acids is 1. The lowest BCUT2D eigenvalue weighted by Crippen LogP contribution is -2.59. The summed E-state index contributed by atoms with van der Waals surface area (Å²) in [4.78, 5) is 30.7. The minimum absolute atomic E-state index is 0.0165. The molecule has 6 heterocycles. The summed E-state index contributed by atoms with van der Waals surface area (Å²) in [5.41, 5.74) is -0.807. The number of ether oxygens (including phenoxy) is 2. The van der Waals surface area contributed by atoms with Crippen molar-refractivity contribution >= 4 is 33.4 Å². The van der Waals surface area contributed by atoms with Crippen LogP contribution in [0.5, 0.6) is 17.6 Å². The number of halogens is 6. The topological polar surface area (TPSA) is 104 Å². The predicted octanol–water partition coefficient (Wildman–Crippen LogP) is 6.10. The standard InChI is InChI=1S/C36H36F6N6O4/c1-3-23-25(38)8-5-18-11-22(49)12-24(26(18)23)29-28(39)30-27(32(43-29)51-2)31(46-15-20-6-7-21(16-46)48(20)33(50)36(40,41)42)45-34(44-30)52-17-35-9-4-10-47(35)14-19(37)13-35/h5,8,11-12,19-21,49H,3-4,6-7,9-10,13-17H2,1-2H3/t19-,20?,21?,35+/m1/s1.